The van der Waals surface area contributed by atoms with Crippen molar-refractivity contribution in [2.24, 2.45) is 0 Å². The summed E-state index contributed by atoms with van der Waals surface area (Å²) in [5, 5.41) is 9.31. The number of carbonyl (C=O) groups is 1. The van der Waals surface area contributed by atoms with Crippen molar-refractivity contribution < 1.29 is 18.3 Å². The molecule has 1 heterocycles. The Morgan fingerprint density at radius 1 is 1.21 bits per heavy atom. The van der Waals surface area contributed by atoms with Crippen molar-refractivity contribution in [3.8, 4) is 11.8 Å². The second-order valence-corrected chi connectivity index (χ2v) is 5.16. The monoisotopic (exact) mass is 326 g/mol. The van der Waals surface area contributed by atoms with Crippen LogP contribution >= 0.6 is 0 Å². The van der Waals surface area contributed by atoms with Crippen molar-refractivity contribution in [3.63, 3.8) is 0 Å². The minimum atomic E-state index is -1.08. The third-order valence-electron chi connectivity index (χ3n) is 3.75. The molecule has 3 rings (SSSR count). The molecule has 0 saturated heterocycles. The molecule has 4 nitrogen and oxygen atoms in total. The van der Waals surface area contributed by atoms with Crippen LogP contribution < -0.4 is 9.64 Å². The van der Waals surface area contributed by atoms with Crippen LogP contribution in [-0.4, -0.2) is 19.1 Å². The van der Waals surface area contributed by atoms with Gasteiger partial charge in [0.05, 0.1) is 18.9 Å². The van der Waals surface area contributed by atoms with E-state index in [9.17, 15) is 18.8 Å². The molecular formula is C18H12F2N2O2. The number of hydrogen-bond donors (Lipinski definition) is 0. The Labute approximate surface area is 137 Å². The van der Waals surface area contributed by atoms with Gasteiger partial charge >= 0.3 is 0 Å². The van der Waals surface area contributed by atoms with Crippen molar-refractivity contribution in [2.75, 3.05) is 12.0 Å². The van der Waals surface area contributed by atoms with Gasteiger partial charge in [-0.05, 0) is 36.4 Å². The lowest BCUT2D eigenvalue weighted by Gasteiger charge is -2.30. The highest BCUT2D eigenvalue weighted by Gasteiger charge is 2.30. The first-order valence-corrected chi connectivity index (χ1v) is 7.09. The van der Waals surface area contributed by atoms with Crippen molar-refractivity contribution >= 4 is 17.7 Å². The Kier molecular flexibility index (Phi) is 4.00. The van der Waals surface area contributed by atoms with Crippen LogP contribution in [0.5, 0.6) is 5.75 Å². The Bertz CT molecular complexity index is 870. The number of amides is 1. The predicted octanol–water partition coefficient (Wildman–Crippen LogP) is 3.54. The first-order chi connectivity index (χ1) is 11.5. The fourth-order valence-corrected chi connectivity index (χ4v) is 2.53. The summed E-state index contributed by atoms with van der Waals surface area (Å²) in [4.78, 5) is 14.0. The summed E-state index contributed by atoms with van der Waals surface area (Å²) >= 11 is 0. The number of fused-ring (bicyclic) bond motifs is 1. The van der Waals surface area contributed by atoms with Gasteiger partial charge in [-0.2, -0.15) is 5.26 Å². The molecule has 0 fully saturated rings. The molecule has 1 aliphatic rings. The van der Waals surface area contributed by atoms with Crippen molar-refractivity contribution in [1.29, 1.82) is 5.26 Å². The van der Waals surface area contributed by atoms with Gasteiger partial charge in [-0.15, -0.1) is 0 Å². The van der Waals surface area contributed by atoms with Gasteiger partial charge in [-0.3, -0.25) is 9.69 Å². The van der Waals surface area contributed by atoms with E-state index < -0.39 is 23.6 Å². The van der Waals surface area contributed by atoms with E-state index in [1.165, 1.54) is 19.3 Å². The molecule has 2 aromatic rings. The Morgan fingerprint density at radius 3 is 2.50 bits per heavy atom. The lowest BCUT2D eigenvalue weighted by molar-refractivity contribution is 0.0985. The summed E-state index contributed by atoms with van der Waals surface area (Å²) in [6.45, 7) is 0. The number of methoxy groups -OCH3 is 1. The number of anilines is 1. The van der Waals surface area contributed by atoms with E-state index in [1.807, 2.05) is 6.07 Å². The molecule has 2 aromatic carbocycles. The van der Waals surface area contributed by atoms with Gasteiger partial charge in [-0.1, -0.05) is 6.08 Å². The van der Waals surface area contributed by atoms with E-state index in [-0.39, 0.29) is 5.69 Å². The summed E-state index contributed by atoms with van der Waals surface area (Å²) in [6.07, 6.45) is 2.98. The van der Waals surface area contributed by atoms with Gasteiger partial charge in [0.15, 0.2) is 11.6 Å². The molecule has 1 amide bonds. The number of nitrogens with zero attached hydrogens (tertiary/aromatic N) is 2. The second-order valence-electron chi connectivity index (χ2n) is 5.16. The van der Waals surface area contributed by atoms with Gasteiger partial charge < -0.3 is 4.74 Å². The van der Waals surface area contributed by atoms with Crippen LogP contribution in [0.4, 0.5) is 14.5 Å². The van der Waals surface area contributed by atoms with Crippen molar-refractivity contribution in [3.05, 3.63) is 65.2 Å². The molecule has 6 heteroatoms. The molecule has 1 aliphatic heterocycles. The fourth-order valence-electron chi connectivity index (χ4n) is 2.53. The van der Waals surface area contributed by atoms with E-state index in [4.69, 9.17) is 4.74 Å². The number of hydrogen-bond acceptors (Lipinski definition) is 3. The molecule has 0 saturated carbocycles. The average Bonchev–Trinajstić information content (AvgIpc) is 2.61. The van der Waals surface area contributed by atoms with E-state index in [1.54, 1.807) is 24.3 Å². The maximum Gasteiger partial charge on any atom is 0.259 e. The topological polar surface area (TPSA) is 53.3 Å². The number of rotatable bonds is 2. The molecule has 1 unspecified atom stereocenters. The first-order valence-electron chi connectivity index (χ1n) is 7.09. The largest absolute Gasteiger partial charge is 0.497 e. The highest BCUT2D eigenvalue weighted by Crippen LogP contribution is 2.32. The molecule has 0 aliphatic carbocycles. The lowest BCUT2D eigenvalue weighted by Crippen LogP contribution is -2.40. The smallest absolute Gasteiger partial charge is 0.259 e. The summed E-state index contributed by atoms with van der Waals surface area (Å²) in [5.74, 6) is -1.99. The lowest BCUT2D eigenvalue weighted by atomic mass is 10.0. The highest BCUT2D eigenvalue weighted by molar-refractivity contribution is 6.09. The van der Waals surface area contributed by atoms with E-state index in [0.29, 0.717) is 16.9 Å². The van der Waals surface area contributed by atoms with Gasteiger partial charge in [0.1, 0.15) is 11.8 Å². The van der Waals surface area contributed by atoms with Gasteiger partial charge in [0.25, 0.3) is 5.91 Å². The maximum absolute atomic E-state index is 13.6. The molecule has 0 spiro atoms. The highest BCUT2D eigenvalue weighted by atomic mass is 19.2. The average molecular weight is 326 g/mol. The molecule has 0 radical (unpaired) electrons. The van der Waals surface area contributed by atoms with Crippen LogP contribution in [0, 0.1) is 23.0 Å². The number of nitriles is 1. The number of halogens is 2. The van der Waals surface area contributed by atoms with Gasteiger partial charge in [0.2, 0.25) is 0 Å². The summed E-state index contributed by atoms with van der Waals surface area (Å²) < 4.78 is 32.1. The number of benzene rings is 2. The first kappa shape index (κ1) is 15.7. The van der Waals surface area contributed by atoms with Crippen LogP contribution in [0.15, 0.2) is 42.5 Å². The zero-order valence-corrected chi connectivity index (χ0v) is 12.7. The van der Waals surface area contributed by atoms with Gasteiger partial charge in [0, 0.05) is 17.2 Å². The van der Waals surface area contributed by atoms with Crippen LogP contribution in [-0.2, 0) is 0 Å². The zero-order chi connectivity index (χ0) is 17.3. The Morgan fingerprint density at radius 2 is 1.88 bits per heavy atom. The molecular weight excluding hydrogens is 314 g/mol. The number of ether oxygens (including phenoxy) is 1. The van der Waals surface area contributed by atoms with Gasteiger partial charge in [-0.25, -0.2) is 8.78 Å². The predicted molar refractivity (Wildman–Crippen MR) is 84.6 cm³/mol. The molecule has 120 valence electrons. The van der Waals surface area contributed by atoms with Crippen molar-refractivity contribution in [2.45, 2.75) is 6.04 Å². The summed E-state index contributed by atoms with van der Waals surface area (Å²) in [6, 6.07) is 9.33. The molecule has 1 atom stereocenters. The zero-order valence-electron chi connectivity index (χ0n) is 12.7. The maximum atomic E-state index is 13.6. The minimum absolute atomic E-state index is 0.156. The van der Waals surface area contributed by atoms with E-state index in [2.05, 4.69) is 0 Å². The van der Waals surface area contributed by atoms with E-state index >= 15 is 0 Å². The SMILES string of the molecule is COc1ccc(C(=O)N2c3cc(F)c(F)cc3C=CC2C#N)cc1. The molecule has 0 N–H and O–H groups in total. The van der Waals surface area contributed by atoms with Crippen molar-refractivity contribution in [1.82, 2.24) is 0 Å². The van der Waals surface area contributed by atoms with Crippen LogP contribution in [0.1, 0.15) is 15.9 Å². The third kappa shape index (κ3) is 2.61. The number of carbonyl (C=O) groups excluding carboxylic acids is 1. The molecule has 0 bridgehead atoms. The molecule has 0 aromatic heterocycles. The van der Waals surface area contributed by atoms with E-state index in [0.717, 1.165) is 17.0 Å². The standard InChI is InChI=1S/C18H12F2N2O2/c1-24-14-6-3-11(4-7-14)18(23)22-13(10-21)5-2-12-8-15(19)16(20)9-17(12)22/h2-9,13H,1H3. The Hall–Kier alpha value is -3.20. The summed E-state index contributed by atoms with van der Waals surface area (Å²) in [7, 11) is 1.51. The minimum Gasteiger partial charge on any atom is -0.497 e. The normalized spacial score (nSPS) is 15.6. The Balaban J connectivity index is 2.07. The summed E-state index contributed by atoms with van der Waals surface area (Å²) in [5.41, 5.74) is 0.799. The second kappa shape index (κ2) is 6.13. The molecule has 24 heavy (non-hydrogen) atoms. The fraction of sp³-hybridized carbons (Fsp3) is 0.111. The van der Waals surface area contributed by atoms with Crippen LogP contribution in [0.2, 0.25) is 0 Å². The quantitative estimate of drug-likeness (QED) is 0.848. The van der Waals surface area contributed by atoms with Crippen LogP contribution in [0.25, 0.3) is 6.08 Å². The third-order valence-corrected chi connectivity index (χ3v) is 3.75. The van der Waals surface area contributed by atoms with Crippen LogP contribution in [0.3, 0.4) is 0 Å².